The molecule has 2 heterocycles. The maximum absolute atomic E-state index is 12.6. The Labute approximate surface area is 187 Å². The first-order valence-corrected chi connectivity index (χ1v) is 10.9. The van der Waals surface area contributed by atoms with E-state index in [1.165, 1.54) is 11.6 Å². The van der Waals surface area contributed by atoms with Gasteiger partial charge in [-0.25, -0.2) is 4.98 Å². The summed E-state index contributed by atoms with van der Waals surface area (Å²) in [6.45, 7) is 3.11. The van der Waals surface area contributed by atoms with Crippen molar-refractivity contribution in [1.29, 1.82) is 0 Å². The van der Waals surface area contributed by atoms with Crippen LogP contribution in [-0.2, 0) is 16.0 Å². The van der Waals surface area contributed by atoms with Crippen LogP contribution in [0.2, 0.25) is 0 Å². The number of amides is 2. The molecule has 0 atom stereocenters. The smallest absolute Gasteiger partial charge is 0.227 e. The molecule has 0 radical (unpaired) electrons. The molecule has 7 heteroatoms. The lowest BCUT2D eigenvalue weighted by atomic mass is 9.95. The van der Waals surface area contributed by atoms with Gasteiger partial charge in [0, 0.05) is 37.4 Å². The number of phenolic OH excluding ortho intramolecular Hbond substituents is 1. The zero-order valence-corrected chi connectivity index (χ0v) is 18.1. The number of likely N-dealkylation sites (tertiary alicyclic amines) is 1. The predicted molar refractivity (Wildman–Crippen MR) is 121 cm³/mol. The van der Waals surface area contributed by atoms with Crippen LogP contribution in [0, 0.1) is 12.8 Å². The summed E-state index contributed by atoms with van der Waals surface area (Å²) in [6, 6.07) is 14.7. The molecule has 166 valence electrons. The van der Waals surface area contributed by atoms with Gasteiger partial charge >= 0.3 is 0 Å². The highest BCUT2D eigenvalue weighted by atomic mass is 16.4. The molecular formula is C25H27N3O4. The summed E-state index contributed by atoms with van der Waals surface area (Å²) in [5, 5.41) is 12.6. The summed E-state index contributed by atoms with van der Waals surface area (Å²) in [4.78, 5) is 31.2. The fourth-order valence-corrected chi connectivity index (χ4v) is 3.85. The van der Waals surface area contributed by atoms with Crippen molar-refractivity contribution in [1.82, 2.24) is 9.88 Å². The van der Waals surface area contributed by atoms with E-state index in [0.717, 1.165) is 5.56 Å². The average Bonchev–Trinajstić information content (AvgIpc) is 3.28. The number of piperidine rings is 1. The van der Waals surface area contributed by atoms with Crippen molar-refractivity contribution in [3.05, 3.63) is 66.2 Å². The van der Waals surface area contributed by atoms with Crippen molar-refractivity contribution in [3.63, 3.8) is 0 Å². The lowest BCUT2D eigenvalue weighted by Crippen LogP contribution is -2.41. The van der Waals surface area contributed by atoms with Gasteiger partial charge in [-0.1, -0.05) is 42.0 Å². The van der Waals surface area contributed by atoms with Crippen LogP contribution in [0.15, 0.2) is 59.1 Å². The van der Waals surface area contributed by atoms with E-state index < -0.39 is 0 Å². The Morgan fingerprint density at radius 1 is 1.12 bits per heavy atom. The van der Waals surface area contributed by atoms with Gasteiger partial charge in [-0.15, -0.1) is 0 Å². The number of hydrogen-bond acceptors (Lipinski definition) is 5. The number of aryl methyl sites for hydroxylation is 2. The van der Waals surface area contributed by atoms with Gasteiger partial charge < -0.3 is 19.7 Å². The quantitative estimate of drug-likeness (QED) is 0.569. The van der Waals surface area contributed by atoms with E-state index in [9.17, 15) is 14.7 Å². The number of phenols is 1. The molecule has 0 unspecified atom stereocenters. The summed E-state index contributed by atoms with van der Waals surface area (Å²) in [6.07, 6.45) is 3.66. The second kappa shape index (κ2) is 9.68. The molecular weight excluding hydrogens is 406 g/mol. The number of rotatable bonds is 6. The summed E-state index contributed by atoms with van der Waals surface area (Å²) in [5.41, 5.74) is 2.55. The molecule has 0 bridgehead atoms. The fraction of sp³-hybridized carbons (Fsp3) is 0.320. The molecule has 7 nitrogen and oxygen atoms in total. The van der Waals surface area contributed by atoms with Gasteiger partial charge in [0.05, 0.1) is 11.9 Å². The standard InChI is InChI=1S/C25H27N3O4/c1-17-6-8-18(9-7-17)22-16-26-23(32-22)10-11-24(30)28-14-12-19(13-15-28)25(31)27-20-4-2-3-5-21(20)29/h2-9,16,19,29H,10-15H2,1H3,(H,27,31). The van der Waals surface area contributed by atoms with E-state index in [-0.39, 0.29) is 23.5 Å². The van der Waals surface area contributed by atoms with Crippen molar-refractivity contribution < 1.29 is 19.1 Å². The minimum Gasteiger partial charge on any atom is -0.506 e. The molecule has 2 aromatic carbocycles. The Balaban J connectivity index is 1.24. The van der Waals surface area contributed by atoms with E-state index in [0.29, 0.717) is 56.1 Å². The number of oxazole rings is 1. The van der Waals surface area contributed by atoms with Crippen molar-refractivity contribution in [2.24, 2.45) is 5.92 Å². The summed E-state index contributed by atoms with van der Waals surface area (Å²) in [7, 11) is 0. The molecule has 1 aromatic heterocycles. The lowest BCUT2D eigenvalue weighted by molar-refractivity contribution is -0.134. The highest BCUT2D eigenvalue weighted by Crippen LogP contribution is 2.25. The van der Waals surface area contributed by atoms with Crippen molar-refractivity contribution in [2.45, 2.75) is 32.6 Å². The maximum atomic E-state index is 12.6. The minimum absolute atomic E-state index is 0.0413. The summed E-state index contributed by atoms with van der Waals surface area (Å²) >= 11 is 0. The van der Waals surface area contributed by atoms with Crippen LogP contribution < -0.4 is 5.32 Å². The first-order valence-electron chi connectivity index (χ1n) is 10.9. The third-order valence-corrected chi connectivity index (χ3v) is 5.82. The monoisotopic (exact) mass is 433 g/mol. The van der Waals surface area contributed by atoms with Crippen LogP contribution in [0.5, 0.6) is 5.75 Å². The first-order chi connectivity index (χ1) is 15.5. The van der Waals surface area contributed by atoms with Crippen molar-refractivity contribution >= 4 is 17.5 Å². The molecule has 32 heavy (non-hydrogen) atoms. The molecule has 2 N–H and O–H groups in total. The predicted octanol–water partition coefficient (Wildman–Crippen LogP) is 4.17. The largest absolute Gasteiger partial charge is 0.506 e. The minimum atomic E-state index is -0.178. The van der Waals surface area contributed by atoms with E-state index in [1.54, 1.807) is 29.3 Å². The molecule has 0 saturated carbocycles. The Kier molecular flexibility index (Phi) is 6.54. The number of anilines is 1. The third-order valence-electron chi connectivity index (χ3n) is 5.82. The van der Waals surface area contributed by atoms with E-state index in [4.69, 9.17) is 4.42 Å². The molecule has 2 amide bonds. The second-order valence-corrected chi connectivity index (χ2v) is 8.15. The van der Waals surface area contributed by atoms with Crippen LogP contribution in [0.3, 0.4) is 0 Å². The Bertz CT molecular complexity index is 1080. The van der Waals surface area contributed by atoms with E-state index in [2.05, 4.69) is 10.3 Å². The third kappa shape index (κ3) is 5.17. The van der Waals surface area contributed by atoms with E-state index in [1.807, 2.05) is 31.2 Å². The second-order valence-electron chi connectivity index (χ2n) is 8.15. The average molecular weight is 434 g/mol. The van der Waals surface area contributed by atoms with Crippen molar-refractivity contribution in [2.75, 3.05) is 18.4 Å². The van der Waals surface area contributed by atoms with Gasteiger partial charge in [-0.3, -0.25) is 9.59 Å². The topological polar surface area (TPSA) is 95.7 Å². The Hall–Kier alpha value is -3.61. The normalized spacial score (nSPS) is 14.3. The Morgan fingerprint density at radius 2 is 1.84 bits per heavy atom. The zero-order valence-electron chi connectivity index (χ0n) is 18.1. The Morgan fingerprint density at radius 3 is 2.56 bits per heavy atom. The number of hydrogen-bond donors (Lipinski definition) is 2. The van der Waals surface area contributed by atoms with Crippen LogP contribution >= 0.6 is 0 Å². The number of nitrogens with one attached hydrogen (secondary N) is 1. The molecule has 3 aromatic rings. The fourth-order valence-electron chi connectivity index (χ4n) is 3.85. The van der Waals surface area contributed by atoms with Gasteiger partial charge in [0.2, 0.25) is 11.8 Å². The highest BCUT2D eigenvalue weighted by Gasteiger charge is 2.27. The highest BCUT2D eigenvalue weighted by molar-refractivity contribution is 5.94. The number of nitrogens with zero attached hydrogens (tertiary/aromatic N) is 2. The van der Waals surface area contributed by atoms with Crippen LogP contribution in [0.25, 0.3) is 11.3 Å². The summed E-state index contributed by atoms with van der Waals surface area (Å²) in [5.74, 6) is 1.03. The van der Waals surface area contributed by atoms with Gasteiger partial charge in [-0.2, -0.15) is 0 Å². The molecule has 0 aliphatic carbocycles. The van der Waals surface area contributed by atoms with Gasteiger partial charge in [-0.05, 0) is 31.9 Å². The number of aromatic nitrogens is 1. The maximum Gasteiger partial charge on any atom is 0.227 e. The number of carbonyl (C=O) groups is 2. The molecule has 1 aliphatic heterocycles. The summed E-state index contributed by atoms with van der Waals surface area (Å²) < 4.78 is 5.81. The molecule has 1 saturated heterocycles. The molecule has 4 rings (SSSR count). The number of benzene rings is 2. The number of aromatic hydroxyl groups is 1. The van der Waals surface area contributed by atoms with Crippen LogP contribution in [-0.4, -0.2) is 39.9 Å². The lowest BCUT2D eigenvalue weighted by Gasteiger charge is -2.31. The van der Waals surface area contributed by atoms with Gasteiger partial charge in [0.1, 0.15) is 5.75 Å². The SMILES string of the molecule is Cc1ccc(-c2cnc(CCC(=O)N3CCC(C(=O)Nc4ccccc4O)CC3)o2)cc1. The van der Waals surface area contributed by atoms with Crippen molar-refractivity contribution in [3.8, 4) is 17.1 Å². The van der Waals surface area contributed by atoms with Gasteiger partial charge in [0.25, 0.3) is 0 Å². The number of para-hydroxylation sites is 2. The van der Waals surface area contributed by atoms with Crippen LogP contribution in [0.4, 0.5) is 5.69 Å². The molecule has 1 fully saturated rings. The van der Waals surface area contributed by atoms with Crippen LogP contribution in [0.1, 0.15) is 30.7 Å². The number of carbonyl (C=O) groups excluding carboxylic acids is 2. The molecule has 0 spiro atoms. The van der Waals surface area contributed by atoms with E-state index >= 15 is 0 Å². The zero-order chi connectivity index (χ0) is 22.5. The molecule has 1 aliphatic rings. The van der Waals surface area contributed by atoms with Gasteiger partial charge in [0.15, 0.2) is 11.7 Å². The first kappa shape index (κ1) is 21.6.